The number of hydrogen-bond acceptors (Lipinski definition) is 5. The largest absolute Gasteiger partial charge is 0.491 e. The summed E-state index contributed by atoms with van der Waals surface area (Å²) in [6.07, 6.45) is 1.90. The highest BCUT2D eigenvalue weighted by Gasteiger charge is 2.43. The monoisotopic (exact) mass is 261 g/mol. The van der Waals surface area contributed by atoms with Crippen molar-refractivity contribution in [1.82, 2.24) is 0 Å². The highest BCUT2D eigenvalue weighted by atomic mass is 16.6. The summed E-state index contributed by atoms with van der Waals surface area (Å²) in [7, 11) is 0. The summed E-state index contributed by atoms with van der Waals surface area (Å²) in [4.78, 5) is 10.3. The number of nitro groups is 1. The van der Waals surface area contributed by atoms with E-state index in [9.17, 15) is 10.1 Å². The second kappa shape index (κ2) is 4.86. The van der Waals surface area contributed by atoms with Crippen LogP contribution < -0.4 is 10.5 Å². The van der Waals surface area contributed by atoms with Crippen molar-refractivity contribution >= 4 is 5.69 Å². The average molecular weight is 261 g/mol. The number of nitro benzene ring substituents is 1. The maximum Gasteiger partial charge on any atom is 0.272 e. The van der Waals surface area contributed by atoms with Crippen LogP contribution in [-0.4, -0.2) is 17.1 Å². The van der Waals surface area contributed by atoms with E-state index in [-0.39, 0.29) is 18.2 Å². The molecule has 19 heavy (non-hydrogen) atoms. The summed E-state index contributed by atoms with van der Waals surface area (Å²) in [5.74, 6) is 0.686. The Morgan fingerprint density at radius 2 is 2.32 bits per heavy atom. The number of benzene rings is 1. The first-order chi connectivity index (χ1) is 8.96. The summed E-state index contributed by atoms with van der Waals surface area (Å²) in [6, 6.07) is 6.60. The van der Waals surface area contributed by atoms with Gasteiger partial charge in [-0.05, 0) is 37.8 Å². The number of hydrogen-bond donors (Lipinski definition) is 1. The number of rotatable bonds is 5. The molecular weight excluding hydrogens is 246 g/mol. The van der Waals surface area contributed by atoms with E-state index in [1.165, 1.54) is 12.1 Å². The topological polar surface area (TPSA) is 102 Å². The van der Waals surface area contributed by atoms with E-state index in [4.69, 9.17) is 15.7 Å². The number of ether oxygens (including phenoxy) is 1. The van der Waals surface area contributed by atoms with Crippen molar-refractivity contribution in [3.05, 3.63) is 33.9 Å². The lowest BCUT2D eigenvalue weighted by molar-refractivity contribution is -0.385. The minimum atomic E-state index is -0.963. The molecule has 6 heteroatoms. The fourth-order valence-electron chi connectivity index (χ4n) is 1.97. The van der Waals surface area contributed by atoms with Gasteiger partial charge in [-0.3, -0.25) is 10.1 Å². The van der Waals surface area contributed by atoms with Crippen molar-refractivity contribution in [2.24, 2.45) is 11.7 Å². The molecule has 1 fully saturated rings. The van der Waals surface area contributed by atoms with E-state index in [0.717, 1.165) is 12.8 Å². The maximum atomic E-state index is 10.7. The maximum absolute atomic E-state index is 10.7. The lowest BCUT2D eigenvalue weighted by atomic mass is 9.98. The average Bonchev–Trinajstić information content (AvgIpc) is 3.20. The summed E-state index contributed by atoms with van der Waals surface area (Å²) in [5, 5.41) is 19.8. The second-order valence-corrected chi connectivity index (χ2v) is 4.92. The highest BCUT2D eigenvalue weighted by molar-refractivity contribution is 5.44. The summed E-state index contributed by atoms with van der Waals surface area (Å²) >= 11 is 0. The van der Waals surface area contributed by atoms with Crippen molar-refractivity contribution < 1.29 is 9.66 Å². The van der Waals surface area contributed by atoms with Crippen LogP contribution in [0.2, 0.25) is 0 Å². The van der Waals surface area contributed by atoms with E-state index in [2.05, 4.69) is 6.07 Å². The molecule has 0 heterocycles. The van der Waals surface area contributed by atoms with Gasteiger partial charge in [-0.25, -0.2) is 0 Å². The fourth-order valence-corrected chi connectivity index (χ4v) is 1.97. The fraction of sp³-hybridized carbons (Fsp3) is 0.462. The normalized spacial score (nSPS) is 17.3. The SMILES string of the molecule is Cc1cc(OCC(N)(C#N)C2CC2)ccc1[N+](=O)[O-]. The Morgan fingerprint density at radius 1 is 1.63 bits per heavy atom. The number of nitriles is 1. The van der Waals surface area contributed by atoms with Gasteiger partial charge in [0.25, 0.3) is 5.69 Å². The van der Waals surface area contributed by atoms with Gasteiger partial charge in [0.2, 0.25) is 0 Å². The molecule has 1 saturated carbocycles. The van der Waals surface area contributed by atoms with Gasteiger partial charge in [-0.2, -0.15) is 5.26 Å². The van der Waals surface area contributed by atoms with Crippen LogP contribution in [0.4, 0.5) is 5.69 Å². The summed E-state index contributed by atoms with van der Waals surface area (Å²) in [6.45, 7) is 1.75. The number of nitrogens with two attached hydrogens (primary N) is 1. The molecule has 0 bridgehead atoms. The summed E-state index contributed by atoms with van der Waals surface area (Å²) < 4.78 is 5.51. The molecule has 0 saturated heterocycles. The summed E-state index contributed by atoms with van der Waals surface area (Å²) in [5.41, 5.74) is 5.58. The van der Waals surface area contributed by atoms with Crippen molar-refractivity contribution in [2.75, 3.05) is 6.61 Å². The van der Waals surface area contributed by atoms with Crippen molar-refractivity contribution in [2.45, 2.75) is 25.3 Å². The Bertz CT molecular complexity index is 549. The first-order valence-electron chi connectivity index (χ1n) is 6.04. The van der Waals surface area contributed by atoms with Crippen LogP contribution in [0.25, 0.3) is 0 Å². The van der Waals surface area contributed by atoms with Crippen LogP contribution >= 0.6 is 0 Å². The van der Waals surface area contributed by atoms with Gasteiger partial charge in [0, 0.05) is 11.6 Å². The van der Waals surface area contributed by atoms with Gasteiger partial charge in [0.05, 0.1) is 11.0 Å². The van der Waals surface area contributed by atoms with E-state index < -0.39 is 10.5 Å². The molecule has 0 spiro atoms. The number of aryl methyl sites for hydroxylation is 1. The van der Waals surface area contributed by atoms with E-state index in [1.54, 1.807) is 13.0 Å². The third-order valence-corrected chi connectivity index (χ3v) is 3.36. The molecule has 2 rings (SSSR count). The van der Waals surface area contributed by atoms with Crippen LogP contribution in [-0.2, 0) is 0 Å². The quantitative estimate of drug-likeness (QED) is 0.644. The first-order valence-corrected chi connectivity index (χ1v) is 6.04. The molecule has 1 aliphatic carbocycles. The van der Waals surface area contributed by atoms with E-state index in [1.807, 2.05) is 0 Å². The van der Waals surface area contributed by atoms with Crippen LogP contribution in [0.15, 0.2) is 18.2 Å². The molecule has 1 aromatic rings. The Morgan fingerprint density at radius 3 is 2.79 bits per heavy atom. The second-order valence-electron chi connectivity index (χ2n) is 4.92. The molecular formula is C13H15N3O3. The third kappa shape index (κ3) is 2.83. The first kappa shape index (κ1) is 13.3. The predicted molar refractivity (Wildman–Crippen MR) is 68.6 cm³/mol. The van der Waals surface area contributed by atoms with E-state index in [0.29, 0.717) is 11.3 Å². The third-order valence-electron chi connectivity index (χ3n) is 3.36. The molecule has 1 unspecified atom stereocenters. The molecule has 1 aliphatic rings. The molecule has 6 nitrogen and oxygen atoms in total. The molecule has 100 valence electrons. The lowest BCUT2D eigenvalue weighted by Gasteiger charge is -2.21. The molecule has 1 atom stereocenters. The zero-order valence-electron chi connectivity index (χ0n) is 10.6. The smallest absolute Gasteiger partial charge is 0.272 e. The molecule has 1 aromatic carbocycles. The van der Waals surface area contributed by atoms with Crippen LogP contribution in [0.1, 0.15) is 18.4 Å². The van der Waals surface area contributed by atoms with Crippen LogP contribution in [0, 0.1) is 34.3 Å². The Hall–Kier alpha value is -2.13. The van der Waals surface area contributed by atoms with Crippen molar-refractivity contribution in [3.8, 4) is 11.8 Å². The highest BCUT2D eigenvalue weighted by Crippen LogP contribution is 2.38. The molecule has 2 N–H and O–H groups in total. The Labute approximate surface area is 110 Å². The van der Waals surface area contributed by atoms with Gasteiger partial charge in [-0.1, -0.05) is 0 Å². The zero-order valence-corrected chi connectivity index (χ0v) is 10.6. The van der Waals surface area contributed by atoms with Gasteiger partial charge < -0.3 is 10.5 Å². The van der Waals surface area contributed by atoms with Gasteiger partial charge in [0.1, 0.15) is 17.9 Å². The van der Waals surface area contributed by atoms with Gasteiger partial charge in [0.15, 0.2) is 0 Å². The Kier molecular flexibility index (Phi) is 3.40. The minimum absolute atomic E-state index is 0.0498. The molecule has 0 aliphatic heterocycles. The van der Waals surface area contributed by atoms with Gasteiger partial charge in [-0.15, -0.1) is 0 Å². The minimum Gasteiger partial charge on any atom is -0.491 e. The molecule has 0 aromatic heterocycles. The van der Waals surface area contributed by atoms with Crippen LogP contribution in [0.5, 0.6) is 5.75 Å². The van der Waals surface area contributed by atoms with Gasteiger partial charge >= 0.3 is 0 Å². The zero-order chi connectivity index (χ0) is 14.0. The van der Waals surface area contributed by atoms with Crippen molar-refractivity contribution in [1.29, 1.82) is 5.26 Å². The van der Waals surface area contributed by atoms with E-state index >= 15 is 0 Å². The van der Waals surface area contributed by atoms with Crippen LogP contribution in [0.3, 0.4) is 0 Å². The van der Waals surface area contributed by atoms with Crippen molar-refractivity contribution in [3.63, 3.8) is 0 Å². The number of nitrogens with zero attached hydrogens (tertiary/aromatic N) is 2. The Balaban J connectivity index is 2.06. The molecule has 0 radical (unpaired) electrons. The predicted octanol–water partition coefficient (Wildman–Crippen LogP) is 1.91. The standard InChI is InChI=1S/C13H15N3O3/c1-9-6-11(4-5-12(9)16(17)18)19-8-13(15,7-14)10-2-3-10/h4-6,10H,2-3,8,15H2,1H3. The lowest BCUT2D eigenvalue weighted by Crippen LogP contribution is -2.46. The molecule has 0 amide bonds.